The average Bonchev–Trinajstić information content (AvgIpc) is 2.11. The van der Waals surface area contributed by atoms with Crippen LogP contribution in [-0.4, -0.2) is 0 Å². The molecule has 4 heteroatoms. The number of hydrogen-bond acceptors (Lipinski definition) is 0. The van der Waals surface area contributed by atoms with Crippen molar-refractivity contribution in [1.29, 1.82) is 0 Å². The van der Waals surface area contributed by atoms with Crippen molar-refractivity contribution >= 4 is 0 Å². The van der Waals surface area contributed by atoms with Crippen molar-refractivity contribution in [2.75, 3.05) is 0 Å². The smallest absolute Gasteiger partial charge is 0.207 e. The summed E-state index contributed by atoms with van der Waals surface area (Å²) in [7, 11) is 0. The summed E-state index contributed by atoms with van der Waals surface area (Å²) >= 11 is 0. The summed E-state index contributed by atoms with van der Waals surface area (Å²) < 4.78 is 48.6. The molecule has 0 aromatic heterocycles. The van der Waals surface area contributed by atoms with Crippen LogP contribution in [0.4, 0.5) is 17.6 Å². The Hall–Kier alpha value is -1.06. The molecule has 0 amide bonds. The molecule has 0 atom stereocenters. The van der Waals surface area contributed by atoms with Gasteiger partial charge in [0.25, 0.3) is 0 Å². The fraction of sp³-hybridized carbons (Fsp3) is 0.400. The minimum absolute atomic E-state index is 0.0314. The first-order chi connectivity index (χ1) is 6.41. The highest BCUT2D eigenvalue weighted by molar-refractivity contribution is 5.28. The van der Waals surface area contributed by atoms with E-state index in [4.69, 9.17) is 0 Å². The molecule has 0 saturated carbocycles. The van der Waals surface area contributed by atoms with Crippen molar-refractivity contribution in [3.63, 3.8) is 0 Å². The number of benzene rings is 1. The molecule has 1 aromatic carbocycles. The monoisotopic (exact) mass is 208 g/mol. The summed E-state index contributed by atoms with van der Waals surface area (Å²) in [6, 6.07) is 2.61. The van der Waals surface area contributed by atoms with E-state index in [1.807, 2.05) is 13.8 Å². The molecule has 80 valence electrons. The molecule has 0 N–H and O–H groups in total. The van der Waals surface area contributed by atoms with E-state index in [1.165, 1.54) is 6.92 Å². The van der Waals surface area contributed by atoms with E-state index in [1.54, 1.807) is 0 Å². The fourth-order valence-corrected chi connectivity index (χ4v) is 0.900. The van der Waals surface area contributed by atoms with Gasteiger partial charge < -0.3 is 0 Å². The van der Waals surface area contributed by atoms with Gasteiger partial charge in [0.1, 0.15) is 5.82 Å². The van der Waals surface area contributed by atoms with E-state index in [-0.39, 0.29) is 5.56 Å². The van der Waals surface area contributed by atoms with Crippen LogP contribution < -0.4 is 0 Å². The SMILES string of the molecule is CC.Cc1ccc(F)cc1C(F)(F)F. The van der Waals surface area contributed by atoms with Crippen LogP contribution >= 0.6 is 0 Å². The summed E-state index contributed by atoms with van der Waals surface area (Å²) in [5, 5.41) is 0. The largest absolute Gasteiger partial charge is 0.416 e. The van der Waals surface area contributed by atoms with Crippen LogP contribution in [-0.2, 0) is 6.18 Å². The minimum atomic E-state index is -4.47. The van der Waals surface area contributed by atoms with E-state index >= 15 is 0 Å². The highest BCUT2D eigenvalue weighted by atomic mass is 19.4. The van der Waals surface area contributed by atoms with Gasteiger partial charge in [0.05, 0.1) is 5.56 Å². The Balaban J connectivity index is 0.000000791. The van der Waals surface area contributed by atoms with Crippen LogP contribution in [0.1, 0.15) is 25.0 Å². The normalized spacial score (nSPS) is 10.5. The molecule has 0 bridgehead atoms. The predicted octanol–water partition coefficient (Wildman–Crippen LogP) is 4.18. The van der Waals surface area contributed by atoms with Gasteiger partial charge in [-0.1, -0.05) is 19.9 Å². The Morgan fingerprint density at radius 1 is 1.07 bits per heavy atom. The van der Waals surface area contributed by atoms with Crippen LogP contribution in [0, 0.1) is 12.7 Å². The van der Waals surface area contributed by atoms with E-state index in [9.17, 15) is 17.6 Å². The molecule has 0 aliphatic rings. The Labute approximate surface area is 80.6 Å². The minimum Gasteiger partial charge on any atom is -0.207 e. The molecule has 0 aliphatic heterocycles. The highest BCUT2D eigenvalue weighted by Crippen LogP contribution is 2.31. The molecular weight excluding hydrogens is 196 g/mol. The maximum absolute atomic E-state index is 12.4. The molecule has 0 nitrogen and oxygen atoms in total. The summed E-state index contributed by atoms with van der Waals surface area (Å²) in [5.41, 5.74) is -0.883. The van der Waals surface area contributed by atoms with Crippen molar-refractivity contribution < 1.29 is 17.6 Å². The lowest BCUT2D eigenvalue weighted by molar-refractivity contribution is -0.138. The number of alkyl halides is 3. The molecule has 14 heavy (non-hydrogen) atoms. The molecule has 1 rings (SSSR count). The van der Waals surface area contributed by atoms with E-state index < -0.39 is 17.6 Å². The maximum atomic E-state index is 12.4. The fourth-order valence-electron chi connectivity index (χ4n) is 0.900. The summed E-state index contributed by atoms with van der Waals surface area (Å²) in [6.07, 6.45) is -4.47. The van der Waals surface area contributed by atoms with Gasteiger partial charge in [0.2, 0.25) is 0 Å². The Morgan fingerprint density at radius 2 is 1.57 bits per heavy atom. The lowest BCUT2D eigenvalue weighted by atomic mass is 10.1. The predicted molar refractivity (Wildman–Crippen MR) is 47.5 cm³/mol. The Morgan fingerprint density at radius 3 is 1.93 bits per heavy atom. The average molecular weight is 208 g/mol. The van der Waals surface area contributed by atoms with Crippen LogP contribution in [0.15, 0.2) is 18.2 Å². The third kappa shape index (κ3) is 3.36. The van der Waals surface area contributed by atoms with Gasteiger partial charge in [-0.25, -0.2) is 4.39 Å². The highest BCUT2D eigenvalue weighted by Gasteiger charge is 2.32. The molecule has 1 aromatic rings. The van der Waals surface area contributed by atoms with Gasteiger partial charge >= 0.3 is 6.18 Å². The molecule has 0 radical (unpaired) electrons. The van der Waals surface area contributed by atoms with Gasteiger partial charge in [-0.3, -0.25) is 0 Å². The molecule has 0 aliphatic carbocycles. The third-order valence-electron chi connectivity index (χ3n) is 1.51. The van der Waals surface area contributed by atoms with Crippen molar-refractivity contribution in [3.05, 3.63) is 35.1 Å². The van der Waals surface area contributed by atoms with Crippen LogP contribution in [0.25, 0.3) is 0 Å². The standard InChI is InChI=1S/C8H6F4.C2H6/c1-5-2-3-6(9)4-7(5)8(10,11)12;1-2/h2-4H,1H3;1-2H3. The topological polar surface area (TPSA) is 0 Å². The van der Waals surface area contributed by atoms with Gasteiger partial charge in [-0.15, -0.1) is 0 Å². The molecule has 0 fully saturated rings. The van der Waals surface area contributed by atoms with Crippen LogP contribution in [0.3, 0.4) is 0 Å². The number of hydrogen-bond donors (Lipinski definition) is 0. The molecule has 0 saturated heterocycles. The number of rotatable bonds is 0. The second-order valence-corrected chi connectivity index (χ2v) is 2.46. The van der Waals surface area contributed by atoms with Crippen molar-refractivity contribution in [1.82, 2.24) is 0 Å². The number of aryl methyl sites for hydroxylation is 1. The second-order valence-electron chi connectivity index (χ2n) is 2.46. The first-order valence-corrected chi connectivity index (χ1v) is 4.24. The van der Waals surface area contributed by atoms with Gasteiger partial charge in [-0.05, 0) is 24.6 Å². The van der Waals surface area contributed by atoms with E-state index in [2.05, 4.69) is 0 Å². The van der Waals surface area contributed by atoms with Gasteiger partial charge in [0.15, 0.2) is 0 Å². The quantitative estimate of drug-likeness (QED) is 0.561. The zero-order valence-corrected chi connectivity index (χ0v) is 8.24. The molecule has 0 heterocycles. The van der Waals surface area contributed by atoms with Crippen molar-refractivity contribution in [3.8, 4) is 0 Å². The lowest BCUT2D eigenvalue weighted by Gasteiger charge is -2.09. The third-order valence-corrected chi connectivity index (χ3v) is 1.51. The van der Waals surface area contributed by atoms with Gasteiger partial charge in [-0.2, -0.15) is 13.2 Å². The molecular formula is C10H12F4. The van der Waals surface area contributed by atoms with Crippen LogP contribution in [0.5, 0.6) is 0 Å². The second kappa shape index (κ2) is 4.98. The Bertz CT molecular complexity index is 289. The molecule has 0 spiro atoms. The van der Waals surface area contributed by atoms with Crippen molar-refractivity contribution in [2.45, 2.75) is 26.9 Å². The van der Waals surface area contributed by atoms with E-state index in [0.29, 0.717) is 6.07 Å². The maximum Gasteiger partial charge on any atom is 0.416 e. The summed E-state index contributed by atoms with van der Waals surface area (Å²) in [5.74, 6) is -0.868. The summed E-state index contributed by atoms with van der Waals surface area (Å²) in [4.78, 5) is 0. The zero-order chi connectivity index (χ0) is 11.4. The van der Waals surface area contributed by atoms with Crippen LogP contribution in [0.2, 0.25) is 0 Å². The lowest BCUT2D eigenvalue weighted by Crippen LogP contribution is -2.07. The Kier molecular flexibility index (Phi) is 4.60. The molecule has 0 unspecified atom stereocenters. The first kappa shape index (κ1) is 12.9. The van der Waals surface area contributed by atoms with E-state index in [0.717, 1.165) is 12.1 Å². The van der Waals surface area contributed by atoms with Gasteiger partial charge in [0, 0.05) is 0 Å². The first-order valence-electron chi connectivity index (χ1n) is 4.24. The summed E-state index contributed by atoms with van der Waals surface area (Å²) in [6.45, 7) is 5.29. The number of halogens is 4. The van der Waals surface area contributed by atoms with Crippen molar-refractivity contribution in [2.24, 2.45) is 0 Å². The zero-order valence-electron chi connectivity index (χ0n) is 8.24.